The van der Waals surface area contributed by atoms with Gasteiger partial charge in [0.25, 0.3) is 0 Å². The van der Waals surface area contributed by atoms with E-state index in [1.54, 1.807) is 29.5 Å². The molecule has 0 aliphatic carbocycles. The summed E-state index contributed by atoms with van der Waals surface area (Å²) in [5.41, 5.74) is 1.43. The lowest BCUT2D eigenvalue weighted by molar-refractivity contribution is -0.129. The van der Waals surface area contributed by atoms with Gasteiger partial charge >= 0.3 is 0 Å². The highest BCUT2D eigenvalue weighted by molar-refractivity contribution is 7.10. The Morgan fingerprint density at radius 1 is 1.27 bits per heavy atom. The van der Waals surface area contributed by atoms with Crippen LogP contribution in [0, 0.1) is 0 Å². The lowest BCUT2D eigenvalue weighted by atomic mass is 10.2. The molecule has 3 rings (SSSR count). The first-order chi connectivity index (χ1) is 10.7. The first kappa shape index (κ1) is 14.5. The molecule has 1 amide bonds. The van der Waals surface area contributed by atoms with Crippen LogP contribution in [0.15, 0.2) is 52.5 Å². The summed E-state index contributed by atoms with van der Waals surface area (Å²) in [5.74, 6) is 0.695. The summed E-state index contributed by atoms with van der Waals surface area (Å²) < 4.78 is 5.29. The maximum Gasteiger partial charge on any atom is 0.227 e. The quantitative estimate of drug-likeness (QED) is 0.726. The summed E-state index contributed by atoms with van der Waals surface area (Å²) >= 11 is 1.58. The van der Waals surface area contributed by atoms with Gasteiger partial charge in [0.2, 0.25) is 5.91 Å². The summed E-state index contributed by atoms with van der Waals surface area (Å²) in [7, 11) is 1.76. The van der Waals surface area contributed by atoms with Crippen molar-refractivity contribution in [1.82, 2.24) is 15.0 Å². The first-order valence-corrected chi connectivity index (χ1v) is 7.73. The minimum absolute atomic E-state index is 0.0539. The molecule has 112 valence electrons. The van der Waals surface area contributed by atoms with Crippen LogP contribution in [0.5, 0.6) is 0 Å². The Kier molecular flexibility index (Phi) is 4.29. The molecule has 0 aliphatic heterocycles. The van der Waals surface area contributed by atoms with Crippen molar-refractivity contribution >= 4 is 17.2 Å². The Hall–Kier alpha value is -2.47. The van der Waals surface area contributed by atoms with Gasteiger partial charge in [0, 0.05) is 24.2 Å². The molecule has 0 saturated heterocycles. The van der Waals surface area contributed by atoms with Gasteiger partial charge in [0.05, 0.1) is 18.7 Å². The molecule has 0 aliphatic rings. The Balaban J connectivity index is 1.63. The number of hydrogen-bond donors (Lipinski definition) is 0. The summed E-state index contributed by atoms with van der Waals surface area (Å²) in [6.45, 7) is 0.393. The van der Waals surface area contributed by atoms with Gasteiger partial charge in [-0.2, -0.15) is 0 Å². The Morgan fingerprint density at radius 2 is 2.18 bits per heavy atom. The zero-order valence-corrected chi connectivity index (χ0v) is 12.9. The average Bonchev–Trinajstić information content (AvgIpc) is 3.20. The predicted octanol–water partition coefficient (Wildman–Crippen LogP) is 3.00. The third-order valence-electron chi connectivity index (χ3n) is 3.21. The van der Waals surface area contributed by atoms with Crippen molar-refractivity contribution in [2.75, 3.05) is 7.05 Å². The largest absolute Gasteiger partial charge is 0.359 e. The van der Waals surface area contributed by atoms with Gasteiger partial charge in [-0.05, 0) is 23.6 Å². The minimum Gasteiger partial charge on any atom is -0.359 e. The monoisotopic (exact) mass is 313 g/mol. The zero-order chi connectivity index (χ0) is 15.4. The molecule has 3 heterocycles. The fraction of sp³-hybridized carbons (Fsp3) is 0.188. The van der Waals surface area contributed by atoms with Crippen LogP contribution in [0.1, 0.15) is 10.6 Å². The molecule has 0 atom stereocenters. The second-order valence-electron chi connectivity index (χ2n) is 4.90. The number of likely N-dealkylation sites (N-methyl/N-ethyl adjacent to an activating group) is 1. The topological polar surface area (TPSA) is 59.2 Å². The lowest BCUT2D eigenvalue weighted by Crippen LogP contribution is -2.27. The van der Waals surface area contributed by atoms with Crippen LogP contribution in [0.4, 0.5) is 0 Å². The maximum atomic E-state index is 12.1. The molecule has 0 spiro atoms. The number of nitrogens with zero attached hydrogens (tertiary/aromatic N) is 3. The van der Waals surface area contributed by atoms with Crippen LogP contribution in [0.2, 0.25) is 0 Å². The smallest absolute Gasteiger partial charge is 0.227 e. The van der Waals surface area contributed by atoms with Gasteiger partial charge in [-0.3, -0.25) is 9.78 Å². The fourth-order valence-corrected chi connectivity index (χ4v) is 2.74. The molecule has 3 aromatic heterocycles. The molecule has 0 bridgehead atoms. The molecule has 0 fully saturated rings. The second-order valence-corrected chi connectivity index (χ2v) is 5.93. The van der Waals surface area contributed by atoms with E-state index >= 15 is 0 Å². The molecule has 3 aromatic rings. The number of aromatic nitrogens is 2. The van der Waals surface area contributed by atoms with Gasteiger partial charge in [0.15, 0.2) is 5.76 Å². The molecule has 0 unspecified atom stereocenters. The van der Waals surface area contributed by atoms with Crippen LogP contribution >= 0.6 is 11.3 Å². The molecule has 22 heavy (non-hydrogen) atoms. The van der Waals surface area contributed by atoms with Gasteiger partial charge in [-0.1, -0.05) is 17.3 Å². The van der Waals surface area contributed by atoms with Gasteiger partial charge in [-0.25, -0.2) is 0 Å². The van der Waals surface area contributed by atoms with Gasteiger partial charge in [-0.15, -0.1) is 11.3 Å². The van der Waals surface area contributed by atoms with Crippen molar-refractivity contribution < 1.29 is 9.32 Å². The van der Waals surface area contributed by atoms with E-state index in [9.17, 15) is 4.79 Å². The number of amides is 1. The standard InChI is InChI=1S/C16H15N3O2S/c1-19(16(20)10-13-5-4-8-22-13)11-12-9-15(18-21-12)14-6-2-3-7-17-14/h2-9H,10-11H2,1H3. The van der Waals surface area contributed by atoms with E-state index in [1.165, 1.54) is 0 Å². The highest BCUT2D eigenvalue weighted by atomic mass is 32.1. The number of thiophene rings is 1. The highest BCUT2D eigenvalue weighted by Crippen LogP contribution is 2.17. The van der Waals surface area contributed by atoms with E-state index in [2.05, 4.69) is 10.1 Å². The molecule has 0 aromatic carbocycles. The molecule has 5 nitrogen and oxygen atoms in total. The average molecular weight is 313 g/mol. The SMILES string of the molecule is CN(Cc1cc(-c2ccccn2)no1)C(=O)Cc1cccs1. The van der Waals surface area contributed by atoms with Crippen LogP contribution in [-0.4, -0.2) is 28.0 Å². The van der Waals surface area contributed by atoms with Gasteiger partial charge in [0.1, 0.15) is 5.69 Å². The number of carbonyl (C=O) groups excluding carboxylic acids is 1. The maximum absolute atomic E-state index is 12.1. The van der Waals surface area contributed by atoms with Crippen molar-refractivity contribution in [3.05, 3.63) is 58.6 Å². The normalized spacial score (nSPS) is 10.6. The van der Waals surface area contributed by atoms with E-state index in [1.807, 2.05) is 41.8 Å². The molecule has 0 N–H and O–H groups in total. The van der Waals surface area contributed by atoms with E-state index in [0.29, 0.717) is 24.4 Å². The van der Waals surface area contributed by atoms with Crippen molar-refractivity contribution in [3.8, 4) is 11.4 Å². The Labute approximate surface area is 132 Å². The van der Waals surface area contributed by atoms with E-state index in [4.69, 9.17) is 4.52 Å². The Morgan fingerprint density at radius 3 is 2.91 bits per heavy atom. The van der Waals surface area contributed by atoms with E-state index in [0.717, 1.165) is 10.6 Å². The second kappa shape index (κ2) is 6.53. The summed E-state index contributed by atoms with van der Waals surface area (Å²) in [6, 6.07) is 11.3. The van der Waals surface area contributed by atoms with Crippen molar-refractivity contribution in [3.63, 3.8) is 0 Å². The fourth-order valence-electron chi connectivity index (χ4n) is 2.04. The van der Waals surface area contributed by atoms with E-state index < -0.39 is 0 Å². The lowest BCUT2D eigenvalue weighted by Gasteiger charge is -2.14. The van der Waals surface area contributed by atoms with Gasteiger partial charge < -0.3 is 9.42 Å². The molecular weight excluding hydrogens is 298 g/mol. The van der Waals surface area contributed by atoms with Crippen LogP contribution in [0.3, 0.4) is 0 Å². The third-order valence-corrected chi connectivity index (χ3v) is 4.09. The van der Waals surface area contributed by atoms with Crippen LogP contribution < -0.4 is 0 Å². The molecule has 6 heteroatoms. The number of carbonyl (C=O) groups is 1. The summed E-state index contributed by atoms with van der Waals surface area (Å²) in [4.78, 5) is 19.1. The molecule has 0 radical (unpaired) electrons. The first-order valence-electron chi connectivity index (χ1n) is 6.86. The number of hydrogen-bond acceptors (Lipinski definition) is 5. The van der Waals surface area contributed by atoms with Crippen molar-refractivity contribution in [2.24, 2.45) is 0 Å². The summed E-state index contributed by atoms with van der Waals surface area (Å²) in [5, 5.41) is 5.97. The van der Waals surface area contributed by atoms with Crippen molar-refractivity contribution in [2.45, 2.75) is 13.0 Å². The summed E-state index contributed by atoms with van der Waals surface area (Å²) in [6.07, 6.45) is 2.12. The molecule has 0 saturated carbocycles. The minimum atomic E-state index is 0.0539. The predicted molar refractivity (Wildman–Crippen MR) is 84.2 cm³/mol. The number of pyridine rings is 1. The van der Waals surface area contributed by atoms with Crippen LogP contribution in [-0.2, 0) is 17.8 Å². The highest BCUT2D eigenvalue weighted by Gasteiger charge is 2.14. The Bertz CT molecular complexity index is 738. The third kappa shape index (κ3) is 3.40. The number of rotatable bonds is 5. The molecular formula is C16H15N3O2S. The van der Waals surface area contributed by atoms with E-state index in [-0.39, 0.29) is 5.91 Å². The van der Waals surface area contributed by atoms with Crippen LogP contribution in [0.25, 0.3) is 11.4 Å². The zero-order valence-electron chi connectivity index (χ0n) is 12.1. The van der Waals surface area contributed by atoms with Crippen molar-refractivity contribution in [1.29, 1.82) is 0 Å².